The number of nitrogens with zero attached hydrogens (tertiary/aromatic N) is 1. The van der Waals surface area contributed by atoms with Gasteiger partial charge >= 0.3 is 5.97 Å². The molecule has 0 fully saturated rings. The lowest BCUT2D eigenvalue weighted by atomic mass is 10.2. The Morgan fingerprint density at radius 2 is 2.00 bits per heavy atom. The van der Waals surface area contributed by atoms with Gasteiger partial charge in [-0.1, -0.05) is 12.1 Å². The average molecular weight is 293 g/mol. The highest BCUT2D eigenvalue weighted by Gasteiger charge is 2.25. The maximum absolute atomic E-state index is 11.8. The van der Waals surface area contributed by atoms with Crippen molar-refractivity contribution in [1.29, 1.82) is 0 Å². The van der Waals surface area contributed by atoms with E-state index in [-0.39, 0.29) is 14.8 Å². The van der Waals surface area contributed by atoms with Crippen LogP contribution in [0, 0.1) is 0 Å². The first-order valence-corrected chi connectivity index (χ1v) is 7.96. The van der Waals surface area contributed by atoms with Crippen molar-refractivity contribution >= 4 is 14.8 Å². The normalized spacial score (nSPS) is 16.1. The van der Waals surface area contributed by atoms with Crippen LogP contribution in [-0.2, 0) is 15.9 Å². The first-order chi connectivity index (χ1) is 9.63. The molecule has 1 atom stereocenters. The van der Waals surface area contributed by atoms with Crippen molar-refractivity contribution in [3.63, 3.8) is 0 Å². The van der Waals surface area contributed by atoms with Gasteiger partial charge in [-0.05, 0) is 36.9 Å². The number of hydrogen-bond donors (Lipinski definition) is 0. The number of hydrogen-bond acceptors (Lipinski definition) is 4. The molecule has 108 valence electrons. The third-order valence-electron chi connectivity index (χ3n) is 3.36. The molecule has 0 amide bonds. The van der Waals surface area contributed by atoms with Crippen molar-refractivity contribution in [2.75, 3.05) is 26.9 Å². The van der Waals surface area contributed by atoms with Gasteiger partial charge in [0.05, 0.1) is 21.5 Å². The third kappa shape index (κ3) is 3.59. The Balaban J connectivity index is 1.95. The van der Waals surface area contributed by atoms with Gasteiger partial charge in [-0.3, -0.25) is 4.90 Å². The fourth-order valence-electron chi connectivity index (χ4n) is 2.34. The molecular weight excluding hydrogens is 273 g/mol. The summed E-state index contributed by atoms with van der Waals surface area (Å²) in [6, 6.07) is 8.02. The Morgan fingerprint density at radius 1 is 1.30 bits per heavy atom. The smallest absolute Gasteiger partial charge is 0.337 e. The fraction of sp³-hybridized carbons (Fsp3) is 0.400. The number of carbonyl (C=O) groups is 1. The molecule has 2 rings (SSSR count). The van der Waals surface area contributed by atoms with Crippen LogP contribution in [0.25, 0.3) is 0 Å². The van der Waals surface area contributed by atoms with E-state index >= 15 is 0 Å². The van der Waals surface area contributed by atoms with Gasteiger partial charge in [0.2, 0.25) is 0 Å². The molecule has 1 aliphatic heterocycles. The number of methoxy groups -OCH3 is 1. The second-order valence-electron chi connectivity index (χ2n) is 4.85. The van der Waals surface area contributed by atoms with Crippen LogP contribution in [0.2, 0.25) is 0 Å². The largest absolute Gasteiger partial charge is 0.497 e. The summed E-state index contributed by atoms with van der Waals surface area (Å²) in [4.78, 5) is 14.1. The van der Waals surface area contributed by atoms with E-state index in [9.17, 15) is 4.79 Å². The number of carbonyl (C=O) groups excluding carboxylic acids is 1. The number of ether oxygens (including phenoxy) is 1. The molecule has 0 N–H and O–H groups in total. The zero-order chi connectivity index (χ0) is 14.5. The van der Waals surface area contributed by atoms with Crippen molar-refractivity contribution in [3.05, 3.63) is 41.0 Å². The summed E-state index contributed by atoms with van der Waals surface area (Å²) < 4.78 is 10.3. The molecule has 5 heteroatoms. The minimum Gasteiger partial charge on any atom is -0.497 e. The molecule has 0 saturated carbocycles. The van der Waals surface area contributed by atoms with Gasteiger partial charge < -0.3 is 9.26 Å². The molecule has 20 heavy (non-hydrogen) atoms. The van der Waals surface area contributed by atoms with Crippen LogP contribution >= 0.6 is 8.81 Å². The Hall–Kier alpha value is -1.38. The summed E-state index contributed by atoms with van der Waals surface area (Å²) in [5, 5.41) is 0. The molecular formula is C15H20NO3P. The zero-order valence-electron chi connectivity index (χ0n) is 12.1. The molecule has 1 unspecified atom stereocenters. The molecule has 4 nitrogen and oxygen atoms in total. The molecule has 1 heterocycles. The zero-order valence-corrected chi connectivity index (χ0v) is 13.1. The number of benzene rings is 1. The lowest BCUT2D eigenvalue weighted by Gasteiger charge is -2.16. The second kappa shape index (κ2) is 6.87. The van der Waals surface area contributed by atoms with Crippen molar-refractivity contribution in [3.8, 4) is 5.75 Å². The van der Waals surface area contributed by atoms with E-state index in [0.29, 0.717) is 6.54 Å². The SMILES string of the molecule is COc1ccc(CN2CC(C)=C(C(=O)OPC)C2)cc1. The van der Waals surface area contributed by atoms with Crippen LogP contribution in [0.3, 0.4) is 0 Å². The van der Waals surface area contributed by atoms with Gasteiger partial charge in [-0.25, -0.2) is 4.79 Å². The summed E-state index contributed by atoms with van der Waals surface area (Å²) in [5.41, 5.74) is 3.14. The lowest BCUT2D eigenvalue weighted by Crippen LogP contribution is -2.22. The molecule has 1 aromatic carbocycles. The predicted octanol–water partition coefficient (Wildman–Crippen LogP) is 2.59. The number of rotatable bonds is 5. The van der Waals surface area contributed by atoms with Crippen LogP contribution < -0.4 is 4.74 Å². The Labute approximate surface area is 121 Å². The van der Waals surface area contributed by atoms with Crippen molar-refractivity contribution in [2.45, 2.75) is 13.5 Å². The summed E-state index contributed by atoms with van der Waals surface area (Å²) in [6.45, 7) is 6.18. The Morgan fingerprint density at radius 3 is 2.60 bits per heavy atom. The van der Waals surface area contributed by atoms with E-state index in [1.807, 2.05) is 25.7 Å². The van der Waals surface area contributed by atoms with Gasteiger partial charge in [-0.2, -0.15) is 0 Å². The van der Waals surface area contributed by atoms with E-state index in [2.05, 4.69) is 17.0 Å². The fourth-order valence-corrected chi connectivity index (χ4v) is 2.65. The molecule has 0 radical (unpaired) electrons. The maximum Gasteiger partial charge on any atom is 0.337 e. The molecule has 0 saturated heterocycles. The third-order valence-corrected chi connectivity index (χ3v) is 3.75. The highest BCUT2D eigenvalue weighted by atomic mass is 31.1. The highest BCUT2D eigenvalue weighted by Crippen LogP contribution is 2.23. The van der Waals surface area contributed by atoms with Gasteiger partial charge in [0, 0.05) is 19.6 Å². The summed E-state index contributed by atoms with van der Waals surface area (Å²) >= 11 is 0. The van der Waals surface area contributed by atoms with Gasteiger partial charge in [0.1, 0.15) is 5.75 Å². The predicted molar refractivity (Wildman–Crippen MR) is 81.3 cm³/mol. The summed E-state index contributed by atoms with van der Waals surface area (Å²) in [6.07, 6.45) is 0. The van der Waals surface area contributed by atoms with Crippen LogP contribution in [-0.4, -0.2) is 37.7 Å². The van der Waals surface area contributed by atoms with Gasteiger partial charge in [-0.15, -0.1) is 0 Å². The monoisotopic (exact) mass is 293 g/mol. The minimum atomic E-state index is -0.166. The van der Waals surface area contributed by atoms with E-state index in [1.165, 1.54) is 5.56 Å². The van der Waals surface area contributed by atoms with Gasteiger partial charge in [0.25, 0.3) is 0 Å². The lowest BCUT2D eigenvalue weighted by molar-refractivity contribution is -0.129. The molecule has 1 aromatic rings. The van der Waals surface area contributed by atoms with Crippen molar-refractivity contribution in [2.24, 2.45) is 0 Å². The van der Waals surface area contributed by atoms with Crippen molar-refractivity contribution in [1.82, 2.24) is 4.90 Å². The summed E-state index contributed by atoms with van der Waals surface area (Å²) in [7, 11) is 1.86. The quantitative estimate of drug-likeness (QED) is 0.782. The Bertz CT molecular complexity index is 510. The first kappa shape index (κ1) is 15.0. The van der Waals surface area contributed by atoms with Crippen LogP contribution in [0.5, 0.6) is 5.75 Å². The van der Waals surface area contributed by atoms with Crippen LogP contribution in [0.15, 0.2) is 35.4 Å². The molecule has 0 spiro atoms. The standard InChI is InChI=1S/C15H20NO3P/c1-11-8-16(10-14(11)15(17)19-20-3)9-12-4-6-13(18-2)7-5-12/h4-7,20H,8-10H2,1-3H3. The van der Waals surface area contributed by atoms with Gasteiger partial charge in [0.15, 0.2) is 0 Å². The average Bonchev–Trinajstić information content (AvgIpc) is 2.81. The van der Waals surface area contributed by atoms with E-state index in [0.717, 1.165) is 30.0 Å². The second-order valence-corrected chi connectivity index (χ2v) is 5.46. The Kier molecular flexibility index (Phi) is 5.16. The van der Waals surface area contributed by atoms with E-state index in [1.54, 1.807) is 7.11 Å². The van der Waals surface area contributed by atoms with Crippen molar-refractivity contribution < 1.29 is 14.1 Å². The van der Waals surface area contributed by atoms with Crippen LogP contribution in [0.1, 0.15) is 12.5 Å². The van der Waals surface area contributed by atoms with E-state index in [4.69, 9.17) is 9.26 Å². The highest BCUT2D eigenvalue weighted by molar-refractivity contribution is 7.31. The summed E-state index contributed by atoms with van der Waals surface area (Å²) in [5.74, 6) is 0.693. The molecule has 0 aliphatic carbocycles. The van der Waals surface area contributed by atoms with Crippen LogP contribution in [0.4, 0.5) is 0 Å². The molecule has 0 bridgehead atoms. The molecule has 0 aromatic heterocycles. The minimum absolute atomic E-state index is 0.166. The maximum atomic E-state index is 11.8. The first-order valence-electron chi connectivity index (χ1n) is 6.56. The topological polar surface area (TPSA) is 38.8 Å². The molecule has 1 aliphatic rings. The van der Waals surface area contributed by atoms with E-state index < -0.39 is 0 Å².